The van der Waals surface area contributed by atoms with E-state index < -0.39 is 29.7 Å². The summed E-state index contributed by atoms with van der Waals surface area (Å²) in [6, 6.07) is 1.47. The van der Waals surface area contributed by atoms with E-state index in [9.17, 15) is 17.6 Å². The monoisotopic (exact) mass is 209 g/mol. The fourth-order valence-electron chi connectivity index (χ4n) is 1.13. The first-order valence-corrected chi connectivity index (χ1v) is 3.62. The molecule has 0 atom stereocenters. The molecule has 0 aliphatic carbocycles. The van der Waals surface area contributed by atoms with Crippen molar-refractivity contribution in [1.29, 1.82) is 0 Å². The van der Waals surface area contributed by atoms with Gasteiger partial charge in [-0.3, -0.25) is 0 Å². The first-order chi connectivity index (χ1) is 6.36. The third-order valence-corrected chi connectivity index (χ3v) is 1.65. The molecule has 0 aromatic heterocycles. The van der Waals surface area contributed by atoms with Crippen LogP contribution >= 0.6 is 0 Å². The molecule has 6 heteroatoms. The van der Waals surface area contributed by atoms with Crippen molar-refractivity contribution in [3.8, 4) is 0 Å². The number of aliphatic hydroxyl groups excluding tert-OH is 1. The summed E-state index contributed by atoms with van der Waals surface area (Å²) in [7, 11) is 0. The largest absolute Gasteiger partial charge is 0.419 e. The number of hydrogen-bond acceptors (Lipinski definition) is 2. The zero-order chi connectivity index (χ0) is 10.9. The van der Waals surface area contributed by atoms with Gasteiger partial charge < -0.3 is 10.8 Å². The van der Waals surface area contributed by atoms with Crippen molar-refractivity contribution in [2.24, 2.45) is 0 Å². The molecule has 0 radical (unpaired) electrons. The Balaban J connectivity index is 3.40. The molecule has 0 bridgehead atoms. The highest BCUT2D eigenvalue weighted by Gasteiger charge is 2.36. The molecule has 1 aromatic carbocycles. The summed E-state index contributed by atoms with van der Waals surface area (Å²) in [5.41, 5.74) is 2.95. The van der Waals surface area contributed by atoms with Crippen molar-refractivity contribution in [3.63, 3.8) is 0 Å². The summed E-state index contributed by atoms with van der Waals surface area (Å²) in [5.74, 6) is -1.47. The van der Waals surface area contributed by atoms with E-state index in [1.54, 1.807) is 0 Å². The Morgan fingerprint density at radius 3 is 2.29 bits per heavy atom. The molecule has 2 nitrogen and oxygen atoms in total. The van der Waals surface area contributed by atoms with Crippen molar-refractivity contribution in [3.05, 3.63) is 29.1 Å². The maximum atomic E-state index is 12.9. The lowest BCUT2D eigenvalue weighted by atomic mass is 10.1. The lowest BCUT2D eigenvalue weighted by Gasteiger charge is -2.12. The number of rotatable bonds is 1. The first kappa shape index (κ1) is 10.8. The van der Waals surface area contributed by atoms with Crippen LogP contribution in [0.25, 0.3) is 0 Å². The number of hydrogen-bond donors (Lipinski definition) is 2. The summed E-state index contributed by atoms with van der Waals surface area (Å²) in [6.07, 6.45) is -4.82. The van der Waals surface area contributed by atoms with Gasteiger partial charge in [-0.05, 0) is 17.7 Å². The quantitative estimate of drug-likeness (QED) is 0.548. The molecule has 0 saturated carbocycles. The van der Waals surface area contributed by atoms with Crippen molar-refractivity contribution in [2.45, 2.75) is 12.8 Å². The van der Waals surface area contributed by atoms with Gasteiger partial charge in [0, 0.05) is 5.69 Å². The second kappa shape index (κ2) is 3.45. The van der Waals surface area contributed by atoms with Gasteiger partial charge in [0.15, 0.2) is 0 Å². The van der Waals surface area contributed by atoms with Crippen LogP contribution in [0.4, 0.5) is 23.2 Å². The molecule has 0 unspecified atom stereocenters. The lowest BCUT2D eigenvalue weighted by Crippen LogP contribution is -2.13. The second-order valence-corrected chi connectivity index (χ2v) is 2.69. The molecule has 0 spiro atoms. The van der Waals surface area contributed by atoms with Crippen molar-refractivity contribution in [1.82, 2.24) is 0 Å². The lowest BCUT2D eigenvalue weighted by molar-refractivity contribution is -0.141. The van der Waals surface area contributed by atoms with Crippen molar-refractivity contribution in [2.75, 3.05) is 5.73 Å². The maximum absolute atomic E-state index is 12.9. The van der Waals surface area contributed by atoms with Crippen LogP contribution < -0.4 is 5.73 Å². The average Bonchev–Trinajstić information content (AvgIpc) is 1.99. The highest BCUT2D eigenvalue weighted by molar-refractivity contribution is 5.46. The van der Waals surface area contributed by atoms with Crippen molar-refractivity contribution < 1.29 is 22.7 Å². The smallest absolute Gasteiger partial charge is 0.399 e. The van der Waals surface area contributed by atoms with Crippen molar-refractivity contribution >= 4 is 5.69 Å². The number of nitrogens with two attached hydrogens (primary N) is 1. The molecule has 0 aliphatic heterocycles. The van der Waals surface area contributed by atoms with E-state index >= 15 is 0 Å². The van der Waals surface area contributed by atoms with Crippen LogP contribution in [0, 0.1) is 5.82 Å². The van der Waals surface area contributed by atoms with Crippen LogP contribution in [0.1, 0.15) is 11.1 Å². The molecule has 3 N–H and O–H groups in total. The summed E-state index contributed by atoms with van der Waals surface area (Å²) in [4.78, 5) is 0. The van der Waals surface area contributed by atoms with E-state index in [0.717, 1.165) is 6.07 Å². The number of halogens is 4. The third kappa shape index (κ3) is 1.95. The van der Waals surface area contributed by atoms with E-state index in [1.165, 1.54) is 0 Å². The van der Waals surface area contributed by atoms with Gasteiger partial charge in [-0.1, -0.05) is 0 Å². The van der Waals surface area contributed by atoms with E-state index in [-0.39, 0.29) is 5.69 Å². The minimum atomic E-state index is -4.82. The Hall–Kier alpha value is -1.30. The normalized spacial score (nSPS) is 11.8. The maximum Gasteiger partial charge on any atom is 0.419 e. The summed E-state index contributed by atoms with van der Waals surface area (Å²) in [6.45, 7) is -0.906. The van der Waals surface area contributed by atoms with Gasteiger partial charge in [-0.2, -0.15) is 13.2 Å². The molecule has 14 heavy (non-hydrogen) atoms. The average molecular weight is 209 g/mol. The summed E-state index contributed by atoms with van der Waals surface area (Å²) in [5, 5.41) is 8.61. The SMILES string of the molecule is Nc1cc(F)c(C(F)(F)F)c(CO)c1. The number of alkyl halides is 3. The van der Waals surface area contributed by atoms with Gasteiger partial charge in [0.2, 0.25) is 0 Å². The number of aliphatic hydroxyl groups is 1. The van der Waals surface area contributed by atoms with Crippen LogP contribution in [0.2, 0.25) is 0 Å². The molecule has 1 aromatic rings. The predicted molar refractivity (Wildman–Crippen MR) is 41.7 cm³/mol. The standard InChI is InChI=1S/C8H7F4NO/c9-6-2-5(13)1-4(3-14)7(6)8(10,11)12/h1-2,14H,3,13H2. The fraction of sp³-hybridized carbons (Fsp3) is 0.250. The van der Waals surface area contributed by atoms with Gasteiger partial charge in [-0.25, -0.2) is 4.39 Å². The molecule has 78 valence electrons. The van der Waals surface area contributed by atoms with E-state index in [1.807, 2.05) is 0 Å². The molecule has 0 amide bonds. The molecule has 1 rings (SSSR count). The Morgan fingerprint density at radius 2 is 1.86 bits per heavy atom. The minimum absolute atomic E-state index is 0.153. The van der Waals surface area contributed by atoms with Crippen LogP contribution in [0.5, 0.6) is 0 Å². The van der Waals surface area contributed by atoms with Gasteiger partial charge in [0.05, 0.1) is 12.2 Å². The summed E-state index contributed by atoms with van der Waals surface area (Å²) < 4.78 is 49.6. The van der Waals surface area contributed by atoms with Crippen LogP contribution in [0.15, 0.2) is 12.1 Å². The molecular weight excluding hydrogens is 202 g/mol. The van der Waals surface area contributed by atoms with Gasteiger partial charge in [0.25, 0.3) is 0 Å². The Kier molecular flexibility index (Phi) is 2.66. The molecule has 0 fully saturated rings. The zero-order valence-electron chi connectivity index (χ0n) is 6.90. The van der Waals surface area contributed by atoms with Crippen LogP contribution in [-0.2, 0) is 12.8 Å². The van der Waals surface area contributed by atoms with Gasteiger partial charge in [-0.15, -0.1) is 0 Å². The number of anilines is 1. The third-order valence-electron chi connectivity index (χ3n) is 1.65. The first-order valence-electron chi connectivity index (χ1n) is 3.62. The molecular formula is C8H7F4NO. The summed E-state index contributed by atoms with van der Waals surface area (Å²) >= 11 is 0. The second-order valence-electron chi connectivity index (χ2n) is 2.69. The fourth-order valence-corrected chi connectivity index (χ4v) is 1.13. The Labute approximate surface area is 77.0 Å². The zero-order valence-corrected chi connectivity index (χ0v) is 6.90. The van der Waals surface area contributed by atoms with E-state index in [4.69, 9.17) is 10.8 Å². The van der Waals surface area contributed by atoms with E-state index in [2.05, 4.69) is 0 Å². The van der Waals surface area contributed by atoms with Gasteiger partial charge >= 0.3 is 6.18 Å². The molecule has 0 heterocycles. The molecule has 0 saturated heterocycles. The Bertz CT molecular complexity index is 348. The highest BCUT2D eigenvalue weighted by Crippen LogP contribution is 2.35. The van der Waals surface area contributed by atoms with Crippen LogP contribution in [-0.4, -0.2) is 5.11 Å². The van der Waals surface area contributed by atoms with Gasteiger partial charge in [0.1, 0.15) is 5.82 Å². The van der Waals surface area contributed by atoms with Crippen LogP contribution in [0.3, 0.4) is 0 Å². The number of benzene rings is 1. The Morgan fingerprint density at radius 1 is 1.29 bits per heavy atom. The predicted octanol–water partition coefficient (Wildman–Crippen LogP) is 1.92. The van der Waals surface area contributed by atoms with E-state index in [0.29, 0.717) is 6.07 Å². The minimum Gasteiger partial charge on any atom is -0.399 e. The molecule has 0 aliphatic rings. The topological polar surface area (TPSA) is 46.2 Å². The number of nitrogen functional groups attached to an aromatic ring is 1. The highest BCUT2D eigenvalue weighted by atomic mass is 19.4.